The number of H-pyrrole nitrogens is 1. The molecule has 5 rings (SSSR count). The van der Waals surface area contributed by atoms with Gasteiger partial charge in [-0.2, -0.15) is 18.4 Å². The average Bonchev–Trinajstić information content (AvgIpc) is 3.18. The molecule has 0 saturated carbocycles. The second kappa shape index (κ2) is 8.33. The maximum atomic E-state index is 12.7. The fourth-order valence-electron chi connectivity index (χ4n) is 4.24. The molecule has 0 unspecified atom stereocenters. The zero-order chi connectivity index (χ0) is 23.0. The second-order valence-electron chi connectivity index (χ2n) is 8.03. The summed E-state index contributed by atoms with van der Waals surface area (Å²) in [5.74, 6) is 0.337. The molecule has 1 aliphatic rings. The number of nitrogens with zero attached hydrogens (tertiary/aromatic N) is 5. The number of hydrogen-bond donors (Lipinski definition) is 1. The summed E-state index contributed by atoms with van der Waals surface area (Å²) in [5.41, 5.74) is 3.27. The van der Waals surface area contributed by atoms with Crippen LogP contribution in [-0.2, 0) is 0 Å². The molecule has 168 valence electrons. The van der Waals surface area contributed by atoms with Crippen molar-refractivity contribution in [1.29, 1.82) is 5.26 Å². The lowest BCUT2D eigenvalue weighted by molar-refractivity contribution is -0.149. The van der Waals surface area contributed by atoms with E-state index in [1.165, 1.54) is 4.90 Å². The Hall–Kier alpha value is -3.71. The van der Waals surface area contributed by atoms with Crippen LogP contribution < -0.4 is 4.74 Å². The number of aromatic amines is 1. The van der Waals surface area contributed by atoms with E-state index in [1.807, 2.05) is 18.2 Å². The van der Waals surface area contributed by atoms with Gasteiger partial charge in [-0.15, -0.1) is 0 Å². The number of nitriles is 1. The van der Waals surface area contributed by atoms with Gasteiger partial charge in [-0.1, -0.05) is 0 Å². The van der Waals surface area contributed by atoms with Crippen LogP contribution in [0.3, 0.4) is 0 Å². The van der Waals surface area contributed by atoms with Crippen LogP contribution in [0.2, 0.25) is 0 Å². The molecule has 1 saturated heterocycles. The summed E-state index contributed by atoms with van der Waals surface area (Å²) in [6.45, 7) is -0.375. The van der Waals surface area contributed by atoms with Crippen LogP contribution >= 0.6 is 0 Å². The van der Waals surface area contributed by atoms with Crippen molar-refractivity contribution in [2.24, 2.45) is 0 Å². The van der Waals surface area contributed by atoms with Gasteiger partial charge in [0.05, 0.1) is 23.6 Å². The minimum atomic E-state index is -4.22. The monoisotopic (exact) mass is 452 g/mol. The predicted molar refractivity (Wildman–Crippen MR) is 115 cm³/mol. The quantitative estimate of drug-likeness (QED) is 0.492. The number of aromatic nitrogens is 4. The zero-order valence-corrected chi connectivity index (χ0v) is 17.4. The molecule has 4 aromatic heterocycles. The van der Waals surface area contributed by atoms with Crippen LogP contribution in [0.1, 0.15) is 18.5 Å². The van der Waals surface area contributed by atoms with E-state index in [9.17, 15) is 18.4 Å². The van der Waals surface area contributed by atoms with Crippen molar-refractivity contribution in [2.75, 3.05) is 19.6 Å². The van der Waals surface area contributed by atoms with Gasteiger partial charge in [-0.05, 0) is 36.6 Å². The molecule has 1 aliphatic heterocycles. The number of rotatable bonds is 4. The topological polar surface area (TPSA) is 90.7 Å². The molecular formula is C23H19F3N6O. The van der Waals surface area contributed by atoms with E-state index in [4.69, 9.17) is 4.74 Å². The van der Waals surface area contributed by atoms with Gasteiger partial charge in [0.25, 0.3) is 0 Å². The number of pyridine rings is 3. The zero-order valence-electron chi connectivity index (χ0n) is 17.4. The SMILES string of the molecule is N#Cc1ncc2[nH]c3ncc(-c4ccncc4)cc3c2c1OC1CCN(CC(F)(F)F)CC1. The molecule has 1 fully saturated rings. The molecule has 0 aliphatic carbocycles. The van der Waals surface area contributed by atoms with Gasteiger partial charge < -0.3 is 9.72 Å². The number of piperidine rings is 1. The van der Waals surface area contributed by atoms with E-state index in [1.54, 1.807) is 24.8 Å². The van der Waals surface area contributed by atoms with Gasteiger partial charge in [-0.3, -0.25) is 9.88 Å². The van der Waals surface area contributed by atoms with Gasteiger partial charge in [0.15, 0.2) is 11.4 Å². The first kappa shape index (κ1) is 21.2. The number of fused-ring (bicyclic) bond motifs is 3. The molecule has 5 heterocycles. The Labute approximate surface area is 186 Å². The van der Waals surface area contributed by atoms with Crippen molar-refractivity contribution in [3.8, 4) is 22.9 Å². The van der Waals surface area contributed by atoms with Crippen molar-refractivity contribution >= 4 is 21.9 Å². The lowest BCUT2D eigenvalue weighted by Gasteiger charge is -2.32. The smallest absolute Gasteiger partial charge is 0.401 e. The first-order valence-electron chi connectivity index (χ1n) is 10.5. The summed E-state index contributed by atoms with van der Waals surface area (Å²) < 4.78 is 44.3. The maximum Gasteiger partial charge on any atom is 0.401 e. The van der Waals surface area contributed by atoms with Crippen LogP contribution in [0.4, 0.5) is 13.2 Å². The molecule has 4 aromatic rings. The molecule has 0 aromatic carbocycles. The summed E-state index contributed by atoms with van der Waals surface area (Å²) in [4.78, 5) is 17.4. The van der Waals surface area contributed by atoms with Gasteiger partial charge >= 0.3 is 6.18 Å². The molecule has 10 heteroatoms. The molecule has 0 radical (unpaired) electrons. The number of likely N-dealkylation sites (tertiary alicyclic amines) is 1. The maximum absolute atomic E-state index is 12.7. The third kappa shape index (κ3) is 4.32. The highest BCUT2D eigenvalue weighted by molar-refractivity contribution is 6.10. The molecule has 7 nitrogen and oxygen atoms in total. The number of ether oxygens (including phenoxy) is 1. The fourth-order valence-corrected chi connectivity index (χ4v) is 4.24. The highest BCUT2D eigenvalue weighted by atomic mass is 19.4. The van der Waals surface area contributed by atoms with Crippen LogP contribution in [-0.4, -0.2) is 56.8 Å². The Kier molecular flexibility index (Phi) is 5.34. The molecule has 33 heavy (non-hydrogen) atoms. The minimum absolute atomic E-state index is 0.135. The number of hydrogen-bond acceptors (Lipinski definition) is 6. The molecule has 0 bridgehead atoms. The normalized spacial score (nSPS) is 15.7. The summed E-state index contributed by atoms with van der Waals surface area (Å²) in [5, 5.41) is 11.1. The summed E-state index contributed by atoms with van der Waals surface area (Å²) in [6.07, 6.45) is 3.05. The summed E-state index contributed by atoms with van der Waals surface area (Å²) >= 11 is 0. The van der Waals surface area contributed by atoms with Crippen molar-refractivity contribution in [1.82, 2.24) is 24.8 Å². The second-order valence-corrected chi connectivity index (χ2v) is 8.03. The third-order valence-electron chi connectivity index (χ3n) is 5.79. The Bertz CT molecular complexity index is 1340. The number of nitrogens with one attached hydrogen (secondary N) is 1. The molecule has 1 N–H and O–H groups in total. The van der Waals surface area contributed by atoms with Gasteiger partial charge in [-0.25, -0.2) is 9.97 Å². The Morgan fingerprint density at radius 1 is 1.12 bits per heavy atom. The van der Waals surface area contributed by atoms with E-state index in [0.717, 1.165) is 16.5 Å². The van der Waals surface area contributed by atoms with E-state index in [2.05, 4.69) is 26.0 Å². The summed E-state index contributed by atoms with van der Waals surface area (Å²) in [7, 11) is 0. The summed E-state index contributed by atoms with van der Waals surface area (Å²) in [6, 6.07) is 7.81. The van der Waals surface area contributed by atoms with Crippen LogP contribution in [0.5, 0.6) is 5.75 Å². The first-order chi connectivity index (χ1) is 15.9. The van der Waals surface area contributed by atoms with E-state index in [-0.39, 0.29) is 24.9 Å². The molecule has 0 spiro atoms. The Morgan fingerprint density at radius 2 is 1.88 bits per heavy atom. The Morgan fingerprint density at radius 3 is 2.58 bits per heavy atom. The van der Waals surface area contributed by atoms with Crippen LogP contribution in [0.25, 0.3) is 33.1 Å². The molecular weight excluding hydrogens is 433 g/mol. The average molecular weight is 452 g/mol. The van der Waals surface area contributed by atoms with Crippen molar-refractivity contribution in [2.45, 2.75) is 25.1 Å². The standard InChI is InChI=1S/C23H19F3N6O/c24-23(25,26)13-32-7-3-16(4-8-32)33-21-18(10-27)29-12-19-20(21)17-9-15(11-30-22(17)31-19)14-1-5-28-6-2-14/h1-2,5-6,9,11-12,16H,3-4,7-8,13H2,(H,30,31). The van der Waals surface area contributed by atoms with E-state index >= 15 is 0 Å². The number of halogens is 3. The largest absolute Gasteiger partial charge is 0.487 e. The van der Waals surface area contributed by atoms with Gasteiger partial charge in [0, 0.05) is 42.6 Å². The van der Waals surface area contributed by atoms with E-state index < -0.39 is 12.7 Å². The molecule has 0 atom stereocenters. The van der Waals surface area contributed by atoms with E-state index in [0.29, 0.717) is 35.1 Å². The predicted octanol–water partition coefficient (Wildman–Crippen LogP) is 4.45. The third-order valence-corrected chi connectivity index (χ3v) is 5.79. The first-order valence-corrected chi connectivity index (χ1v) is 10.5. The van der Waals surface area contributed by atoms with Gasteiger partial charge in [0.1, 0.15) is 17.8 Å². The Balaban J connectivity index is 1.50. The van der Waals surface area contributed by atoms with Crippen LogP contribution in [0, 0.1) is 11.3 Å². The van der Waals surface area contributed by atoms with Crippen molar-refractivity contribution in [3.63, 3.8) is 0 Å². The fraction of sp³-hybridized carbons (Fsp3) is 0.304. The molecule has 0 amide bonds. The van der Waals surface area contributed by atoms with Crippen molar-refractivity contribution in [3.05, 3.63) is 48.7 Å². The van der Waals surface area contributed by atoms with Gasteiger partial charge in [0.2, 0.25) is 0 Å². The minimum Gasteiger partial charge on any atom is -0.487 e. The van der Waals surface area contributed by atoms with Crippen LogP contribution in [0.15, 0.2) is 43.0 Å². The highest BCUT2D eigenvalue weighted by Gasteiger charge is 2.33. The number of alkyl halides is 3. The lowest BCUT2D eigenvalue weighted by Crippen LogP contribution is -2.42. The lowest BCUT2D eigenvalue weighted by atomic mass is 10.1. The highest BCUT2D eigenvalue weighted by Crippen LogP contribution is 2.37. The van der Waals surface area contributed by atoms with Crippen molar-refractivity contribution < 1.29 is 17.9 Å².